The van der Waals surface area contributed by atoms with Gasteiger partial charge in [-0.1, -0.05) is 43.3 Å². The number of ether oxygens (including phenoxy) is 1. The summed E-state index contributed by atoms with van der Waals surface area (Å²) in [5, 5.41) is 6.41. The Labute approximate surface area is 215 Å². The molecule has 2 atom stereocenters. The molecule has 2 aromatic rings. The van der Waals surface area contributed by atoms with Crippen LogP contribution in [0.3, 0.4) is 0 Å². The molecule has 0 aromatic heterocycles. The molecule has 0 saturated carbocycles. The number of nitrogens with one attached hydrogen (secondary N) is 2. The highest BCUT2D eigenvalue weighted by Crippen LogP contribution is 2.35. The third-order valence-corrected chi connectivity index (χ3v) is 7.27. The number of nitrogens with zero attached hydrogens (tertiary/aromatic N) is 2. The number of amides is 2. The van der Waals surface area contributed by atoms with E-state index in [9.17, 15) is 9.59 Å². The minimum absolute atomic E-state index is 0.00508. The molecule has 1 saturated heterocycles. The van der Waals surface area contributed by atoms with Crippen molar-refractivity contribution >= 4 is 17.5 Å². The fraction of sp³-hybridized carbons (Fsp3) is 0.517. The smallest absolute Gasteiger partial charge is 0.257 e. The molecule has 7 heteroatoms. The fourth-order valence-corrected chi connectivity index (χ4v) is 5.11. The van der Waals surface area contributed by atoms with Crippen LogP contribution in [0.4, 0.5) is 5.69 Å². The van der Waals surface area contributed by atoms with Crippen molar-refractivity contribution in [3.05, 3.63) is 59.7 Å². The number of likely N-dealkylation sites (N-methyl/N-ethyl adjacent to an activating group) is 1. The maximum absolute atomic E-state index is 13.6. The first kappa shape index (κ1) is 26.2. The molecule has 7 nitrogen and oxygen atoms in total. The normalized spacial score (nSPS) is 21.1. The van der Waals surface area contributed by atoms with E-state index in [2.05, 4.69) is 53.8 Å². The maximum Gasteiger partial charge on any atom is 0.257 e. The largest absolute Gasteiger partial charge is 0.486 e. The second kappa shape index (κ2) is 11.9. The molecule has 2 N–H and O–H groups in total. The van der Waals surface area contributed by atoms with Gasteiger partial charge in [0.25, 0.3) is 5.91 Å². The summed E-state index contributed by atoms with van der Waals surface area (Å²) in [4.78, 5) is 30.9. The van der Waals surface area contributed by atoms with E-state index >= 15 is 0 Å². The lowest BCUT2D eigenvalue weighted by atomic mass is 9.96. The molecule has 0 spiro atoms. The molecular weight excluding hydrogens is 452 g/mol. The van der Waals surface area contributed by atoms with Crippen LogP contribution in [-0.2, 0) is 11.3 Å². The van der Waals surface area contributed by atoms with E-state index in [0.717, 1.165) is 32.5 Å². The number of para-hydroxylation sites is 1. The molecular formula is C29H40N4O3. The van der Waals surface area contributed by atoms with Crippen LogP contribution in [0.2, 0.25) is 0 Å². The van der Waals surface area contributed by atoms with Crippen LogP contribution in [0.25, 0.3) is 0 Å². The molecule has 4 rings (SSSR count). The van der Waals surface area contributed by atoms with Crippen molar-refractivity contribution < 1.29 is 14.3 Å². The quantitative estimate of drug-likeness (QED) is 0.611. The SMILES string of the molecule is CC(C)N1C[C@H](C)[C@@H](CN(C)Cc2ccccc2)Oc2c(NC(=O)C3CCNCC3)cccc2C1=O. The summed E-state index contributed by atoms with van der Waals surface area (Å²) in [6, 6.07) is 15.9. The minimum atomic E-state index is -0.149. The molecule has 2 aromatic carbocycles. The number of anilines is 1. The highest BCUT2D eigenvalue weighted by molar-refractivity contribution is 6.02. The lowest BCUT2D eigenvalue weighted by Gasteiger charge is -2.38. The molecule has 0 bridgehead atoms. The summed E-state index contributed by atoms with van der Waals surface area (Å²) < 4.78 is 6.66. The molecule has 194 valence electrons. The van der Waals surface area contributed by atoms with Crippen LogP contribution in [-0.4, -0.2) is 67.0 Å². The number of hydrogen-bond donors (Lipinski definition) is 2. The second-order valence-electron chi connectivity index (χ2n) is 10.6. The van der Waals surface area contributed by atoms with Gasteiger partial charge in [-0.25, -0.2) is 0 Å². The summed E-state index contributed by atoms with van der Waals surface area (Å²) in [5.41, 5.74) is 2.33. The Hall–Kier alpha value is -2.90. The van der Waals surface area contributed by atoms with Gasteiger partial charge < -0.3 is 20.3 Å². The Kier molecular flexibility index (Phi) is 8.64. The average molecular weight is 493 g/mol. The Morgan fingerprint density at radius 1 is 1.14 bits per heavy atom. The van der Waals surface area contributed by atoms with E-state index in [-0.39, 0.29) is 35.8 Å². The lowest BCUT2D eigenvalue weighted by molar-refractivity contribution is -0.120. The second-order valence-corrected chi connectivity index (χ2v) is 10.6. The Bertz CT molecular complexity index is 1040. The van der Waals surface area contributed by atoms with Crippen LogP contribution in [0.15, 0.2) is 48.5 Å². The van der Waals surface area contributed by atoms with Crippen molar-refractivity contribution in [2.75, 3.05) is 38.5 Å². The zero-order chi connectivity index (χ0) is 25.7. The first-order valence-electron chi connectivity index (χ1n) is 13.2. The molecule has 36 heavy (non-hydrogen) atoms. The number of carbonyl (C=O) groups is 2. The summed E-state index contributed by atoms with van der Waals surface area (Å²) in [5.74, 6) is 0.497. The lowest BCUT2D eigenvalue weighted by Crippen LogP contribution is -2.48. The van der Waals surface area contributed by atoms with Crippen molar-refractivity contribution in [2.24, 2.45) is 11.8 Å². The number of hydrogen-bond acceptors (Lipinski definition) is 5. The number of carbonyl (C=O) groups excluding carboxylic acids is 2. The number of rotatable bonds is 7. The summed E-state index contributed by atoms with van der Waals surface area (Å²) in [7, 11) is 2.10. The van der Waals surface area contributed by atoms with Crippen LogP contribution in [0.5, 0.6) is 5.75 Å². The van der Waals surface area contributed by atoms with Gasteiger partial charge in [0.05, 0.1) is 11.3 Å². The van der Waals surface area contributed by atoms with E-state index in [4.69, 9.17) is 4.74 Å². The van der Waals surface area contributed by atoms with Crippen molar-refractivity contribution in [3.63, 3.8) is 0 Å². The van der Waals surface area contributed by atoms with Crippen molar-refractivity contribution in [1.82, 2.24) is 15.1 Å². The van der Waals surface area contributed by atoms with Gasteiger partial charge in [0, 0.05) is 37.5 Å². The van der Waals surface area contributed by atoms with Gasteiger partial charge in [0.15, 0.2) is 5.75 Å². The van der Waals surface area contributed by atoms with Gasteiger partial charge in [-0.2, -0.15) is 0 Å². The topological polar surface area (TPSA) is 73.9 Å². The van der Waals surface area contributed by atoms with E-state index in [1.54, 1.807) is 0 Å². The van der Waals surface area contributed by atoms with Gasteiger partial charge in [-0.05, 0) is 64.5 Å². The Morgan fingerprint density at radius 2 is 1.86 bits per heavy atom. The third kappa shape index (κ3) is 6.26. The van der Waals surface area contributed by atoms with E-state index in [1.165, 1.54) is 5.56 Å². The van der Waals surface area contributed by atoms with Gasteiger partial charge in [-0.15, -0.1) is 0 Å². The standard InChI is InChI=1S/C29H40N4O3/c1-20(2)33-17-21(3)26(19-32(4)18-22-9-6-5-7-10-22)36-27-24(29(33)35)11-8-12-25(27)31-28(34)23-13-15-30-16-14-23/h5-12,20-21,23,26,30H,13-19H2,1-4H3,(H,31,34)/t21-,26+/m0/s1. The fourth-order valence-electron chi connectivity index (χ4n) is 5.11. The van der Waals surface area contributed by atoms with Crippen molar-refractivity contribution in [1.29, 1.82) is 0 Å². The predicted octanol–water partition coefficient (Wildman–Crippen LogP) is 4.00. The molecule has 2 aliphatic heterocycles. The Morgan fingerprint density at radius 3 is 2.56 bits per heavy atom. The third-order valence-electron chi connectivity index (χ3n) is 7.27. The summed E-state index contributed by atoms with van der Waals surface area (Å²) >= 11 is 0. The number of benzene rings is 2. The van der Waals surface area contributed by atoms with Crippen molar-refractivity contribution in [3.8, 4) is 5.75 Å². The van der Waals surface area contributed by atoms with Crippen LogP contribution in [0, 0.1) is 11.8 Å². The zero-order valence-electron chi connectivity index (χ0n) is 22.0. The monoisotopic (exact) mass is 492 g/mol. The maximum atomic E-state index is 13.6. The Balaban J connectivity index is 1.62. The average Bonchev–Trinajstić information content (AvgIpc) is 2.87. The van der Waals surface area contributed by atoms with Gasteiger partial charge in [0.1, 0.15) is 6.10 Å². The highest BCUT2D eigenvalue weighted by atomic mass is 16.5. The molecule has 0 unspecified atom stereocenters. The number of piperidine rings is 1. The van der Waals surface area contributed by atoms with Crippen molar-refractivity contribution in [2.45, 2.75) is 52.3 Å². The highest BCUT2D eigenvalue weighted by Gasteiger charge is 2.34. The van der Waals surface area contributed by atoms with Gasteiger partial charge in [-0.3, -0.25) is 14.5 Å². The molecule has 1 fully saturated rings. The van der Waals surface area contributed by atoms with E-state index < -0.39 is 0 Å². The van der Waals surface area contributed by atoms with E-state index in [0.29, 0.717) is 30.1 Å². The first-order valence-corrected chi connectivity index (χ1v) is 13.2. The molecule has 2 heterocycles. The molecule has 2 amide bonds. The molecule has 2 aliphatic rings. The summed E-state index contributed by atoms with van der Waals surface area (Å²) in [6.07, 6.45) is 1.47. The first-order chi connectivity index (χ1) is 17.3. The van der Waals surface area contributed by atoms with Gasteiger partial charge in [0.2, 0.25) is 5.91 Å². The van der Waals surface area contributed by atoms with Crippen LogP contribution < -0.4 is 15.4 Å². The summed E-state index contributed by atoms with van der Waals surface area (Å²) in [6.45, 7) is 10.1. The van der Waals surface area contributed by atoms with Gasteiger partial charge >= 0.3 is 0 Å². The number of fused-ring (bicyclic) bond motifs is 1. The zero-order valence-corrected chi connectivity index (χ0v) is 22.0. The molecule has 0 radical (unpaired) electrons. The van der Waals surface area contributed by atoms with Crippen LogP contribution >= 0.6 is 0 Å². The van der Waals surface area contributed by atoms with Crippen LogP contribution in [0.1, 0.15) is 49.5 Å². The predicted molar refractivity (Wildman–Crippen MR) is 143 cm³/mol. The van der Waals surface area contributed by atoms with E-state index in [1.807, 2.05) is 43.0 Å². The minimum Gasteiger partial charge on any atom is -0.486 e. The molecule has 0 aliphatic carbocycles.